The van der Waals surface area contributed by atoms with Crippen LogP contribution in [-0.4, -0.2) is 19.2 Å². The number of anilines is 1. The molecule has 0 aliphatic rings. The molecule has 0 aromatic carbocycles. The van der Waals surface area contributed by atoms with Gasteiger partial charge in [0.2, 0.25) is 10.0 Å². The third-order valence-electron chi connectivity index (χ3n) is 1.53. The molecule has 74 valence electrons. The van der Waals surface area contributed by atoms with E-state index >= 15 is 0 Å². The van der Waals surface area contributed by atoms with Gasteiger partial charge in [-0.1, -0.05) is 0 Å². The summed E-state index contributed by atoms with van der Waals surface area (Å²) in [5.41, 5.74) is 0.393. The summed E-state index contributed by atoms with van der Waals surface area (Å²) in [6, 6.07) is 4.84. The number of nitriles is 1. The van der Waals surface area contributed by atoms with Gasteiger partial charge in [0.05, 0.1) is 11.3 Å². The standard InChI is InChI=1S/C8H9N3O2S/c1-2-14(12,13)11-8-4-3-7(5-9)6-10-8/h3-4,6H,2H2,1H3,(H,10,11). The fourth-order valence-electron chi connectivity index (χ4n) is 0.752. The summed E-state index contributed by atoms with van der Waals surface area (Å²) >= 11 is 0. The van der Waals surface area contributed by atoms with Gasteiger partial charge in [-0.05, 0) is 19.1 Å². The molecule has 0 saturated heterocycles. The van der Waals surface area contributed by atoms with Crippen molar-refractivity contribution in [1.82, 2.24) is 4.98 Å². The predicted octanol–water partition coefficient (Wildman–Crippen LogP) is 0.715. The van der Waals surface area contributed by atoms with Crippen molar-refractivity contribution in [1.29, 1.82) is 5.26 Å². The number of nitrogens with one attached hydrogen (secondary N) is 1. The molecule has 0 aliphatic carbocycles. The summed E-state index contributed by atoms with van der Waals surface area (Å²) in [5.74, 6) is 0.222. The molecule has 0 unspecified atom stereocenters. The number of hydrogen-bond acceptors (Lipinski definition) is 4. The number of aromatic nitrogens is 1. The number of sulfonamides is 1. The molecule has 1 aromatic rings. The Morgan fingerprint density at radius 2 is 2.29 bits per heavy atom. The van der Waals surface area contributed by atoms with E-state index in [1.165, 1.54) is 25.3 Å². The smallest absolute Gasteiger partial charge is 0.233 e. The van der Waals surface area contributed by atoms with Crippen molar-refractivity contribution in [2.75, 3.05) is 10.5 Å². The van der Waals surface area contributed by atoms with E-state index in [0.717, 1.165) is 0 Å². The summed E-state index contributed by atoms with van der Waals surface area (Å²) < 4.78 is 24.5. The van der Waals surface area contributed by atoms with Gasteiger partial charge >= 0.3 is 0 Å². The van der Waals surface area contributed by atoms with Crippen molar-refractivity contribution < 1.29 is 8.42 Å². The second-order valence-electron chi connectivity index (χ2n) is 2.55. The van der Waals surface area contributed by atoms with E-state index < -0.39 is 10.0 Å². The van der Waals surface area contributed by atoms with Crippen LogP contribution in [0, 0.1) is 11.3 Å². The van der Waals surface area contributed by atoms with Gasteiger partial charge in [0.25, 0.3) is 0 Å². The van der Waals surface area contributed by atoms with Gasteiger partial charge in [0.1, 0.15) is 11.9 Å². The molecule has 0 atom stereocenters. The maximum atomic E-state index is 11.1. The van der Waals surface area contributed by atoms with Gasteiger partial charge in [0.15, 0.2) is 0 Å². The van der Waals surface area contributed by atoms with Crippen LogP contribution in [0.1, 0.15) is 12.5 Å². The number of rotatable bonds is 3. The Balaban J connectivity index is 2.86. The SMILES string of the molecule is CCS(=O)(=O)Nc1ccc(C#N)cn1. The monoisotopic (exact) mass is 211 g/mol. The Hall–Kier alpha value is -1.61. The summed E-state index contributed by atoms with van der Waals surface area (Å²) in [5, 5.41) is 8.48. The lowest BCUT2D eigenvalue weighted by atomic mass is 10.3. The number of hydrogen-bond donors (Lipinski definition) is 1. The highest BCUT2D eigenvalue weighted by molar-refractivity contribution is 7.92. The Morgan fingerprint density at radius 1 is 1.57 bits per heavy atom. The van der Waals surface area contributed by atoms with Crippen LogP contribution >= 0.6 is 0 Å². The van der Waals surface area contributed by atoms with E-state index in [1.807, 2.05) is 6.07 Å². The van der Waals surface area contributed by atoms with E-state index in [4.69, 9.17) is 5.26 Å². The molecule has 1 rings (SSSR count). The lowest BCUT2D eigenvalue weighted by Crippen LogP contribution is -2.15. The first-order valence-corrected chi connectivity index (χ1v) is 5.59. The third kappa shape index (κ3) is 2.71. The van der Waals surface area contributed by atoms with Crippen LogP contribution in [0.2, 0.25) is 0 Å². The highest BCUT2D eigenvalue weighted by atomic mass is 32.2. The van der Waals surface area contributed by atoms with Crippen molar-refractivity contribution in [2.45, 2.75) is 6.92 Å². The zero-order valence-electron chi connectivity index (χ0n) is 7.56. The van der Waals surface area contributed by atoms with Crippen LogP contribution in [0.25, 0.3) is 0 Å². The van der Waals surface area contributed by atoms with Crippen molar-refractivity contribution in [2.24, 2.45) is 0 Å². The minimum absolute atomic E-state index is 0.00528. The molecule has 5 nitrogen and oxygen atoms in total. The maximum absolute atomic E-state index is 11.1. The molecule has 1 heterocycles. The van der Waals surface area contributed by atoms with E-state index in [1.54, 1.807) is 0 Å². The second kappa shape index (κ2) is 4.07. The second-order valence-corrected chi connectivity index (χ2v) is 4.56. The molecular weight excluding hydrogens is 202 g/mol. The molecular formula is C8H9N3O2S. The van der Waals surface area contributed by atoms with Crippen LogP contribution < -0.4 is 4.72 Å². The van der Waals surface area contributed by atoms with Gasteiger partial charge in [-0.15, -0.1) is 0 Å². The average Bonchev–Trinajstić information content (AvgIpc) is 2.19. The maximum Gasteiger partial charge on any atom is 0.233 e. The number of nitrogens with zero attached hydrogens (tertiary/aromatic N) is 2. The molecule has 0 radical (unpaired) electrons. The van der Waals surface area contributed by atoms with Crippen LogP contribution in [0.15, 0.2) is 18.3 Å². The highest BCUT2D eigenvalue weighted by Crippen LogP contribution is 2.06. The zero-order valence-corrected chi connectivity index (χ0v) is 8.37. The summed E-state index contributed by atoms with van der Waals surface area (Å²) in [4.78, 5) is 3.77. The van der Waals surface area contributed by atoms with Gasteiger partial charge in [-0.25, -0.2) is 13.4 Å². The lowest BCUT2D eigenvalue weighted by molar-refractivity contribution is 0.602. The van der Waals surface area contributed by atoms with Crippen molar-refractivity contribution >= 4 is 15.8 Å². The summed E-state index contributed by atoms with van der Waals surface area (Å²) in [6.45, 7) is 1.53. The zero-order chi connectivity index (χ0) is 10.6. The first kappa shape index (κ1) is 10.5. The molecule has 0 saturated carbocycles. The predicted molar refractivity (Wildman–Crippen MR) is 52.0 cm³/mol. The molecule has 0 bridgehead atoms. The fraction of sp³-hybridized carbons (Fsp3) is 0.250. The molecule has 0 spiro atoms. The van der Waals surface area contributed by atoms with E-state index in [-0.39, 0.29) is 11.6 Å². The van der Waals surface area contributed by atoms with Crippen molar-refractivity contribution in [3.63, 3.8) is 0 Å². The van der Waals surface area contributed by atoms with Crippen LogP contribution in [-0.2, 0) is 10.0 Å². The van der Waals surface area contributed by atoms with E-state index in [0.29, 0.717) is 5.56 Å². The minimum Gasteiger partial charge on any atom is -0.267 e. The molecule has 0 aliphatic heterocycles. The van der Waals surface area contributed by atoms with Crippen LogP contribution in [0.5, 0.6) is 0 Å². The van der Waals surface area contributed by atoms with Crippen molar-refractivity contribution in [3.8, 4) is 6.07 Å². The largest absolute Gasteiger partial charge is 0.267 e. The quantitative estimate of drug-likeness (QED) is 0.798. The highest BCUT2D eigenvalue weighted by Gasteiger charge is 2.06. The van der Waals surface area contributed by atoms with E-state index in [9.17, 15) is 8.42 Å². The molecule has 6 heteroatoms. The molecule has 14 heavy (non-hydrogen) atoms. The Labute approximate surface area is 82.4 Å². The van der Waals surface area contributed by atoms with E-state index in [2.05, 4.69) is 9.71 Å². The first-order valence-electron chi connectivity index (χ1n) is 3.94. The van der Waals surface area contributed by atoms with Gasteiger partial charge in [0, 0.05) is 6.20 Å². The van der Waals surface area contributed by atoms with Gasteiger partial charge in [-0.2, -0.15) is 5.26 Å². The molecule has 1 N–H and O–H groups in total. The van der Waals surface area contributed by atoms with Crippen LogP contribution in [0.3, 0.4) is 0 Å². The minimum atomic E-state index is -3.29. The molecule has 0 fully saturated rings. The molecule has 0 amide bonds. The summed E-state index contributed by atoms with van der Waals surface area (Å²) in [6.07, 6.45) is 1.31. The van der Waals surface area contributed by atoms with Gasteiger partial charge in [-0.3, -0.25) is 4.72 Å². The Bertz CT molecular complexity index is 444. The van der Waals surface area contributed by atoms with Crippen LogP contribution in [0.4, 0.5) is 5.82 Å². The Morgan fingerprint density at radius 3 is 2.71 bits per heavy atom. The summed E-state index contributed by atoms with van der Waals surface area (Å²) in [7, 11) is -3.29. The Kier molecular flexibility index (Phi) is 3.04. The molecule has 1 aromatic heterocycles. The van der Waals surface area contributed by atoms with Gasteiger partial charge < -0.3 is 0 Å². The third-order valence-corrected chi connectivity index (χ3v) is 2.81. The first-order chi connectivity index (χ1) is 6.57. The normalized spacial score (nSPS) is 10.6. The fourth-order valence-corrected chi connectivity index (χ4v) is 1.34. The average molecular weight is 211 g/mol. The topological polar surface area (TPSA) is 82.9 Å². The number of pyridine rings is 1. The van der Waals surface area contributed by atoms with Crippen molar-refractivity contribution in [3.05, 3.63) is 23.9 Å². The lowest BCUT2D eigenvalue weighted by Gasteiger charge is -2.03.